The molecule has 1 unspecified atom stereocenters. The molecule has 1 atom stereocenters. The summed E-state index contributed by atoms with van der Waals surface area (Å²) in [6.45, 7) is 2.73. The SMILES string of the molecule is CCn1cnc(C(O)c2cccc(Br)c2F)c1. The number of rotatable bonds is 3. The number of hydrogen-bond donors (Lipinski definition) is 1. The van der Waals surface area contributed by atoms with Crippen LogP contribution in [0.15, 0.2) is 35.2 Å². The Labute approximate surface area is 107 Å². The fraction of sp³-hybridized carbons (Fsp3) is 0.250. The van der Waals surface area contributed by atoms with Crippen LogP contribution in [0.4, 0.5) is 4.39 Å². The van der Waals surface area contributed by atoms with Crippen LogP contribution in [-0.4, -0.2) is 14.7 Å². The number of aliphatic hydroxyl groups excluding tert-OH is 1. The molecule has 0 saturated carbocycles. The van der Waals surface area contributed by atoms with Crippen molar-refractivity contribution in [3.63, 3.8) is 0 Å². The lowest BCUT2D eigenvalue weighted by Gasteiger charge is -2.10. The highest BCUT2D eigenvalue weighted by atomic mass is 79.9. The van der Waals surface area contributed by atoms with E-state index in [4.69, 9.17) is 0 Å². The van der Waals surface area contributed by atoms with Crippen LogP contribution in [0, 0.1) is 5.82 Å². The molecule has 17 heavy (non-hydrogen) atoms. The van der Waals surface area contributed by atoms with Gasteiger partial charge in [0.2, 0.25) is 0 Å². The Balaban J connectivity index is 2.36. The van der Waals surface area contributed by atoms with Crippen LogP contribution in [0.25, 0.3) is 0 Å². The summed E-state index contributed by atoms with van der Waals surface area (Å²) in [6, 6.07) is 4.83. The maximum absolute atomic E-state index is 13.8. The van der Waals surface area contributed by atoms with E-state index in [9.17, 15) is 9.50 Å². The van der Waals surface area contributed by atoms with E-state index < -0.39 is 11.9 Å². The summed E-state index contributed by atoms with van der Waals surface area (Å²) < 4.78 is 15.9. The topological polar surface area (TPSA) is 38.0 Å². The van der Waals surface area contributed by atoms with Gasteiger partial charge in [0.1, 0.15) is 11.9 Å². The number of hydrogen-bond acceptors (Lipinski definition) is 2. The van der Waals surface area contributed by atoms with Crippen LogP contribution in [0.2, 0.25) is 0 Å². The summed E-state index contributed by atoms with van der Waals surface area (Å²) in [7, 11) is 0. The van der Waals surface area contributed by atoms with Crippen molar-refractivity contribution >= 4 is 15.9 Å². The third-order valence-electron chi connectivity index (χ3n) is 2.57. The molecule has 0 bridgehead atoms. The highest BCUT2D eigenvalue weighted by Crippen LogP contribution is 2.27. The lowest BCUT2D eigenvalue weighted by atomic mass is 10.1. The maximum Gasteiger partial charge on any atom is 0.143 e. The van der Waals surface area contributed by atoms with E-state index in [0.717, 1.165) is 6.54 Å². The van der Waals surface area contributed by atoms with Crippen molar-refractivity contribution in [2.24, 2.45) is 0 Å². The summed E-state index contributed by atoms with van der Waals surface area (Å²) >= 11 is 3.09. The summed E-state index contributed by atoms with van der Waals surface area (Å²) in [5.41, 5.74) is 0.671. The summed E-state index contributed by atoms with van der Waals surface area (Å²) in [5, 5.41) is 10.1. The van der Waals surface area contributed by atoms with Gasteiger partial charge in [0, 0.05) is 18.3 Å². The zero-order valence-corrected chi connectivity index (χ0v) is 10.9. The summed E-state index contributed by atoms with van der Waals surface area (Å²) in [4.78, 5) is 4.07. The molecular weight excluding hydrogens is 287 g/mol. The number of imidazole rings is 1. The van der Waals surface area contributed by atoms with Crippen LogP contribution in [0.1, 0.15) is 24.3 Å². The predicted molar refractivity (Wildman–Crippen MR) is 66.1 cm³/mol. The smallest absolute Gasteiger partial charge is 0.143 e. The predicted octanol–water partition coefficient (Wildman–Crippen LogP) is 2.89. The normalized spacial score (nSPS) is 12.7. The molecule has 0 aliphatic heterocycles. The van der Waals surface area contributed by atoms with Crippen molar-refractivity contribution in [1.29, 1.82) is 0 Å². The van der Waals surface area contributed by atoms with Crippen molar-refractivity contribution in [2.75, 3.05) is 0 Å². The fourth-order valence-corrected chi connectivity index (χ4v) is 1.96. The van der Waals surface area contributed by atoms with Crippen molar-refractivity contribution in [1.82, 2.24) is 9.55 Å². The van der Waals surface area contributed by atoms with Crippen LogP contribution in [-0.2, 0) is 6.54 Å². The Morgan fingerprint density at radius 3 is 2.94 bits per heavy atom. The average Bonchev–Trinajstić information content (AvgIpc) is 2.80. The zero-order valence-electron chi connectivity index (χ0n) is 9.27. The van der Waals surface area contributed by atoms with E-state index in [2.05, 4.69) is 20.9 Å². The molecule has 3 nitrogen and oxygen atoms in total. The molecular formula is C12H12BrFN2O. The highest BCUT2D eigenvalue weighted by molar-refractivity contribution is 9.10. The fourth-order valence-electron chi connectivity index (χ4n) is 1.58. The van der Waals surface area contributed by atoms with Crippen molar-refractivity contribution in [2.45, 2.75) is 19.6 Å². The lowest BCUT2D eigenvalue weighted by molar-refractivity contribution is 0.210. The van der Waals surface area contributed by atoms with Crippen LogP contribution in [0.5, 0.6) is 0 Å². The van der Waals surface area contributed by atoms with Gasteiger partial charge in [-0.2, -0.15) is 0 Å². The number of benzene rings is 1. The second kappa shape index (κ2) is 4.98. The highest BCUT2D eigenvalue weighted by Gasteiger charge is 2.18. The molecule has 0 radical (unpaired) electrons. The van der Waals surface area contributed by atoms with Gasteiger partial charge in [0.25, 0.3) is 0 Å². The molecule has 2 aromatic rings. The molecule has 0 spiro atoms. The molecule has 0 aliphatic carbocycles. The molecule has 0 fully saturated rings. The van der Waals surface area contributed by atoms with Gasteiger partial charge in [-0.15, -0.1) is 0 Å². The second-order valence-electron chi connectivity index (χ2n) is 3.67. The maximum atomic E-state index is 13.8. The first-order chi connectivity index (χ1) is 8.13. The molecule has 5 heteroatoms. The third kappa shape index (κ3) is 2.40. The molecule has 1 heterocycles. The van der Waals surface area contributed by atoms with Gasteiger partial charge in [0.15, 0.2) is 0 Å². The number of halogens is 2. The summed E-state index contributed by atoms with van der Waals surface area (Å²) in [6.07, 6.45) is 2.29. The van der Waals surface area contributed by atoms with Gasteiger partial charge in [0.05, 0.1) is 16.5 Å². The molecule has 1 N–H and O–H groups in total. The molecule has 1 aromatic carbocycles. The standard InChI is InChI=1S/C12H12BrFN2O/c1-2-16-6-10(15-7-16)12(17)8-4-3-5-9(13)11(8)14/h3-7,12,17H,2H2,1H3. The van der Waals surface area contributed by atoms with Gasteiger partial charge in [-0.3, -0.25) is 0 Å². The number of nitrogens with zero attached hydrogens (tertiary/aromatic N) is 2. The largest absolute Gasteiger partial charge is 0.382 e. The molecule has 2 rings (SSSR count). The Bertz CT molecular complexity index is 527. The van der Waals surface area contributed by atoms with Gasteiger partial charge < -0.3 is 9.67 Å². The van der Waals surface area contributed by atoms with E-state index in [0.29, 0.717) is 10.2 Å². The van der Waals surface area contributed by atoms with Crippen molar-refractivity contribution in [3.05, 3.63) is 52.3 Å². The minimum atomic E-state index is -1.04. The van der Waals surface area contributed by atoms with Gasteiger partial charge in [-0.05, 0) is 28.9 Å². The van der Waals surface area contributed by atoms with Crippen molar-refractivity contribution < 1.29 is 9.50 Å². The third-order valence-corrected chi connectivity index (χ3v) is 3.19. The van der Waals surface area contributed by atoms with E-state index in [1.165, 1.54) is 0 Å². The van der Waals surface area contributed by atoms with Crippen LogP contribution in [0.3, 0.4) is 0 Å². The number of aryl methyl sites for hydroxylation is 1. The van der Waals surface area contributed by atoms with E-state index in [1.54, 1.807) is 30.7 Å². The summed E-state index contributed by atoms with van der Waals surface area (Å²) in [5.74, 6) is -0.453. The first kappa shape index (κ1) is 12.3. The molecule has 0 amide bonds. The Hall–Kier alpha value is -1.20. The second-order valence-corrected chi connectivity index (χ2v) is 4.53. The number of aromatic nitrogens is 2. The minimum absolute atomic E-state index is 0.223. The Morgan fingerprint density at radius 2 is 2.29 bits per heavy atom. The van der Waals surface area contributed by atoms with Gasteiger partial charge in [-0.1, -0.05) is 12.1 Å². The molecule has 90 valence electrons. The Kier molecular flexibility index (Phi) is 3.59. The Morgan fingerprint density at radius 1 is 1.53 bits per heavy atom. The van der Waals surface area contributed by atoms with Crippen molar-refractivity contribution in [3.8, 4) is 0 Å². The van der Waals surface area contributed by atoms with Crippen LogP contribution >= 0.6 is 15.9 Å². The minimum Gasteiger partial charge on any atom is -0.382 e. The van der Waals surface area contributed by atoms with E-state index in [1.807, 2.05) is 11.5 Å². The van der Waals surface area contributed by atoms with E-state index >= 15 is 0 Å². The average molecular weight is 299 g/mol. The number of aliphatic hydroxyl groups is 1. The quantitative estimate of drug-likeness (QED) is 0.946. The zero-order chi connectivity index (χ0) is 12.4. The van der Waals surface area contributed by atoms with E-state index in [-0.39, 0.29) is 5.56 Å². The molecule has 0 aliphatic rings. The van der Waals surface area contributed by atoms with Crippen LogP contribution < -0.4 is 0 Å². The van der Waals surface area contributed by atoms with Gasteiger partial charge in [-0.25, -0.2) is 9.37 Å². The molecule has 1 aromatic heterocycles. The van der Waals surface area contributed by atoms with Gasteiger partial charge >= 0.3 is 0 Å². The molecule has 0 saturated heterocycles. The first-order valence-electron chi connectivity index (χ1n) is 5.27. The monoisotopic (exact) mass is 298 g/mol. The first-order valence-corrected chi connectivity index (χ1v) is 6.06. The lowest BCUT2D eigenvalue weighted by Crippen LogP contribution is -2.03.